The molecule has 2 aromatic rings. The van der Waals surface area contributed by atoms with Gasteiger partial charge < -0.3 is 16.0 Å². The fourth-order valence-electron chi connectivity index (χ4n) is 2.20. The maximum Gasteiger partial charge on any atom is 0.238 e. The molecule has 5 heteroatoms. The van der Waals surface area contributed by atoms with Crippen molar-refractivity contribution >= 4 is 23.2 Å². The van der Waals surface area contributed by atoms with Gasteiger partial charge in [-0.2, -0.15) is 0 Å². The van der Waals surface area contributed by atoms with Gasteiger partial charge in [-0.1, -0.05) is 37.3 Å². The Bertz CT molecular complexity index is 669. The maximum atomic E-state index is 12.0. The number of nitrogens with one attached hydrogen (secondary N) is 3. The van der Waals surface area contributed by atoms with E-state index in [1.54, 1.807) is 31.2 Å². The minimum absolute atomic E-state index is 0.0362. The summed E-state index contributed by atoms with van der Waals surface area (Å²) in [5.41, 5.74) is 2.56. The molecular weight excluding hydrogens is 302 g/mol. The summed E-state index contributed by atoms with van der Waals surface area (Å²) in [6.45, 7) is 4.05. The molecule has 0 aliphatic carbocycles. The van der Waals surface area contributed by atoms with Gasteiger partial charge in [-0.3, -0.25) is 9.59 Å². The Kier molecular flexibility index (Phi) is 6.51. The maximum absolute atomic E-state index is 12.0. The van der Waals surface area contributed by atoms with Gasteiger partial charge in [-0.25, -0.2) is 0 Å². The average Bonchev–Trinajstić information content (AvgIpc) is 2.62. The van der Waals surface area contributed by atoms with Gasteiger partial charge in [0.2, 0.25) is 11.8 Å². The molecule has 0 aliphatic rings. The van der Waals surface area contributed by atoms with Crippen molar-refractivity contribution < 1.29 is 9.59 Å². The van der Waals surface area contributed by atoms with Crippen molar-refractivity contribution in [2.75, 3.05) is 17.2 Å². The van der Waals surface area contributed by atoms with E-state index in [-0.39, 0.29) is 24.4 Å². The van der Waals surface area contributed by atoms with Crippen LogP contribution in [0.15, 0.2) is 54.6 Å². The quantitative estimate of drug-likeness (QED) is 0.731. The molecule has 0 spiro atoms. The molecule has 2 rings (SSSR count). The summed E-state index contributed by atoms with van der Waals surface area (Å²) in [5.74, 6) is -0.144. The van der Waals surface area contributed by atoms with Crippen LogP contribution in [0.3, 0.4) is 0 Å². The molecule has 2 amide bonds. The van der Waals surface area contributed by atoms with Crippen LogP contribution in [0.25, 0.3) is 0 Å². The van der Waals surface area contributed by atoms with Gasteiger partial charge in [0, 0.05) is 23.8 Å². The average molecular weight is 325 g/mol. The van der Waals surface area contributed by atoms with Gasteiger partial charge in [0.1, 0.15) is 0 Å². The molecule has 1 unspecified atom stereocenters. The van der Waals surface area contributed by atoms with Gasteiger partial charge >= 0.3 is 0 Å². The topological polar surface area (TPSA) is 70.2 Å². The van der Waals surface area contributed by atoms with Crippen molar-refractivity contribution in [1.82, 2.24) is 5.32 Å². The lowest BCUT2D eigenvalue weighted by Crippen LogP contribution is -2.30. The Balaban J connectivity index is 1.81. The zero-order valence-electron chi connectivity index (χ0n) is 14.0. The summed E-state index contributed by atoms with van der Waals surface area (Å²) in [6.07, 6.45) is 0.434. The van der Waals surface area contributed by atoms with Crippen LogP contribution in [0.4, 0.5) is 11.4 Å². The number of hydrogen-bond donors (Lipinski definition) is 3. The molecule has 0 radical (unpaired) electrons. The molecule has 1 atom stereocenters. The lowest BCUT2D eigenvalue weighted by Gasteiger charge is -2.14. The first kappa shape index (κ1) is 17.7. The molecule has 0 saturated carbocycles. The molecular formula is C19H23N3O2. The summed E-state index contributed by atoms with van der Waals surface area (Å²) < 4.78 is 0. The lowest BCUT2D eigenvalue weighted by molar-refractivity contribution is -0.116. The van der Waals surface area contributed by atoms with Crippen molar-refractivity contribution in [1.29, 1.82) is 0 Å². The highest BCUT2D eigenvalue weighted by Crippen LogP contribution is 2.14. The van der Waals surface area contributed by atoms with Crippen LogP contribution in [0.5, 0.6) is 0 Å². The second kappa shape index (κ2) is 8.84. The van der Waals surface area contributed by atoms with Gasteiger partial charge in [0.15, 0.2) is 0 Å². The van der Waals surface area contributed by atoms with E-state index in [2.05, 4.69) is 16.0 Å². The van der Waals surface area contributed by atoms with Crippen molar-refractivity contribution in [3.8, 4) is 0 Å². The highest BCUT2D eigenvalue weighted by molar-refractivity contribution is 5.93. The molecule has 0 aromatic heterocycles. The normalized spacial score (nSPS) is 11.6. The third-order valence-electron chi connectivity index (χ3n) is 3.64. The molecule has 24 heavy (non-hydrogen) atoms. The largest absolute Gasteiger partial charge is 0.326 e. The van der Waals surface area contributed by atoms with Gasteiger partial charge in [0.05, 0.1) is 6.54 Å². The van der Waals surface area contributed by atoms with Crippen LogP contribution in [0, 0.1) is 0 Å². The van der Waals surface area contributed by atoms with E-state index in [0.29, 0.717) is 12.1 Å². The minimum atomic E-state index is -0.108. The molecule has 0 aliphatic heterocycles. The van der Waals surface area contributed by atoms with E-state index >= 15 is 0 Å². The van der Waals surface area contributed by atoms with E-state index in [0.717, 1.165) is 11.3 Å². The van der Waals surface area contributed by atoms with Crippen molar-refractivity contribution in [3.05, 3.63) is 60.2 Å². The van der Waals surface area contributed by atoms with Crippen molar-refractivity contribution in [2.45, 2.75) is 26.3 Å². The van der Waals surface area contributed by atoms with Crippen LogP contribution in [0.1, 0.15) is 31.9 Å². The second-order valence-corrected chi connectivity index (χ2v) is 5.54. The van der Waals surface area contributed by atoms with Crippen LogP contribution in [-0.2, 0) is 9.59 Å². The molecule has 126 valence electrons. The molecule has 3 N–H and O–H groups in total. The van der Waals surface area contributed by atoms with Gasteiger partial charge in [0.25, 0.3) is 0 Å². The summed E-state index contributed by atoms with van der Waals surface area (Å²) in [7, 11) is 0. The lowest BCUT2D eigenvalue weighted by atomic mass is 10.1. The highest BCUT2D eigenvalue weighted by atomic mass is 16.2. The zero-order chi connectivity index (χ0) is 17.4. The SMILES string of the molecule is CCC(=O)Nc1ccc(NC(=O)CNC(C)c2ccccc2)cc1. The standard InChI is InChI=1S/C19H23N3O2/c1-3-18(23)21-16-9-11-17(12-10-16)22-19(24)13-20-14(2)15-7-5-4-6-8-15/h4-12,14,20H,3,13H2,1-2H3,(H,21,23)(H,22,24). The summed E-state index contributed by atoms with van der Waals surface area (Å²) in [4.78, 5) is 23.3. The molecule has 2 aromatic carbocycles. The van der Waals surface area contributed by atoms with Crippen LogP contribution >= 0.6 is 0 Å². The van der Waals surface area contributed by atoms with Crippen LogP contribution < -0.4 is 16.0 Å². The van der Waals surface area contributed by atoms with Gasteiger partial charge in [-0.05, 0) is 36.8 Å². The Morgan fingerprint density at radius 2 is 1.42 bits per heavy atom. The predicted molar refractivity (Wildman–Crippen MR) is 96.9 cm³/mol. The molecule has 5 nitrogen and oxygen atoms in total. The minimum Gasteiger partial charge on any atom is -0.326 e. The molecule has 0 fully saturated rings. The van der Waals surface area contributed by atoms with Gasteiger partial charge in [-0.15, -0.1) is 0 Å². The van der Waals surface area contributed by atoms with Crippen molar-refractivity contribution in [2.24, 2.45) is 0 Å². The summed E-state index contributed by atoms with van der Waals surface area (Å²) in [6, 6.07) is 17.1. The molecule has 0 bridgehead atoms. The number of benzene rings is 2. The smallest absolute Gasteiger partial charge is 0.238 e. The summed E-state index contributed by atoms with van der Waals surface area (Å²) in [5, 5.41) is 8.79. The third kappa shape index (κ3) is 5.52. The first-order chi connectivity index (χ1) is 11.6. The Morgan fingerprint density at radius 3 is 1.96 bits per heavy atom. The third-order valence-corrected chi connectivity index (χ3v) is 3.64. The Labute approximate surface area is 142 Å². The number of hydrogen-bond acceptors (Lipinski definition) is 3. The molecule has 0 saturated heterocycles. The van der Waals surface area contributed by atoms with Crippen LogP contribution in [-0.4, -0.2) is 18.4 Å². The second-order valence-electron chi connectivity index (χ2n) is 5.54. The predicted octanol–water partition coefficient (Wildman–Crippen LogP) is 3.32. The first-order valence-electron chi connectivity index (χ1n) is 8.06. The van der Waals surface area contributed by atoms with E-state index < -0.39 is 0 Å². The van der Waals surface area contributed by atoms with Crippen LogP contribution in [0.2, 0.25) is 0 Å². The monoisotopic (exact) mass is 325 g/mol. The number of carbonyl (C=O) groups is 2. The highest BCUT2D eigenvalue weighted by Gasteiger charge is 2.07. The zero-order valence-corrected chi connectivity index (χ0v) is 14.0. The molecule has 0 heterocycles. The number of rotatable bonds is 7. The first-order valence-corrected chi connectivity index (χ1v) is 8.06. The number of anilines is 2. The summed E-state index contributed by atoms with van der Waals surface area (Å²) >= 11 is 0. The fraction of sp³-hybridized carbons (Fsp3) is 0.263. The van der Waals surface area contributed by atoms with E-state index in [4.69, 9.17) is 0 Å². The Morgan fingerprint density at radius 1 is 0.875 bits per heavy atom. The van der Waals surface area contributed by atoms with E-state index in [9.17, 15) is 9.59 Å². The number of carbonyl (C=O) groups excluding carboxylic acids is 2. The fourth-order valence-corrected chi connectivity index (χ4v) is 2.20. The van der Waals surface area contributed by atoms with E-state index in [1.165, 1.54) is 0 Å². The Hall–Kier alpha value is -2.66. The van der Waals surface area contributed by atoms with Crippen molar-refractivity contribution in [3.63, 3.8) is 0 Å². The van der Waals surface area contributed by atoms with E-state index in [1.807, 2.05) is 37.3 Å². The number of amides is 2.